The standard InChI is InChI=1S/C15H13BrFNO2/c1-10-5-6-12(8-14(10)16)18-15(19)9-20-13-4-2-3-11(17)7-13/h2-8H,9H2,1H3,(H,18,19). The smallest absolute Gasteiger partial charge is 0.262 e. The Kier molecular flexibility index (Phi) is 4.74. The molecule has 0 radical (unpaired) electrons. The molecule has 1 N–H and O–H groups in total. The topological polar surface area (TPSA) is 38.3 Å². The molecule has 0 aliphatic carbocycles. The van der Waals surface area contributed by atoms with E-state index in [9.17, 15) is 9.18 Å². The van der Waals surface area contributed by atoms with Gasteiger partial charge in [0, 0.05) is 16.2 Å². The molecular weight excluding hydrogens is 325 g/mol. The highest BCUT2D eigenvalue weighted by Gasteiger charge is 2.05. The number of ether oxygens (including phenoxy) is 1. The van der Waals surface area contributed by atoms with Crippen molar-refractivity contribution in [3.8, 4) is 5.75 Å². The molecule has 5 heteroatoms. The van der Waals surface area contributed by atoms with Crippen molar-refractivity contribution in [3.63, 3.8) is 0 Å². The fraction of sp³-hybridized carbons (Fsp3) is 0.133. The summed E-state index contributed by atoms with van der Waals surface area (Å²) in [5, 5.41) is 2.71. The van der Waals surface area contributed by atoms with E-state index in [2.05, 4.69) is 21.2 Å². The number of anilines is 1. The van der Waals surface area contributed by atoms with Gasteiger partial charge in [-0.3, -0.25) is 4.79 Å². The summed E-state index contributed by atoms with van der Waals surface area (Å²) in [5.41, 5.74) is 1.76. The molecule has 0 aliphatic rings. The lowest BCUT2D eigenvalue weighted by Gasteiger charge is -2.08. The first kappa shape index (κ1) is 14.5. The van der Waals surface area contributed by atoms with Gasteiger partial charge >= 0.3 is 0 Å². The van der Waals surface area contributed by atoms with Crippen LogP contribution in [0.2, 0.25) is 0 Å². The maximum atomic E-state index is 12.9. The Morgan fingerprint density at radius 3 is 2.80 bits per heavy atom. The molecule has 0 saturated carbocycles. The molecule has 0 aliphatic heterocycles. The van der Waals surface area contributed by atoms with Crippen LogP contribution in [0.1, 0.15) is 5.56 Å². The first-order valence-corrected chi connectivity index (χ1v) is 6.78. The van der Waals surface area contributed by atoms with Gasteiger partial charge in [-0.25, -0.2) is 4.39 Å². The van der Waals surface area contributed by atoms with Gasteiger partial charge in [0.05, 0.1) is 0 Å². The Morgan fingerprint density at radius 2 is 2.10 bits per heavy atom. The van der Waals surface area contributed by atoms with Crippen LogP contribution >= 0.6 is 15.9 Å². The number of benzene rings is 2. The summed E-state index contributed by atoms with van der Waals surface area (Å²) in [6, 6.07) is 11.2. The van der Waals surface area contributed by atoms with Crippen LogP contribution in [0.5, 0.6) is 5.75 Å². The van der Waals surface area contributed by atoms with Crippen molar-refractivity contribution >= 4 is 27.5 Å². The van der Waals surface area contributed by atoms with Crippen LogP contribution in [0.3, 0.4) is 0 Å². The van der Waals surface area contributed by atoms with Crippen LogP contribution in [0.15, 0.2) is 46.9 Å². The van der Waals surface area contributed by atoms with E-state index in [1.165, 1.54) is 18.2 Å². The number of carbonyl (C=O) groups excluding carboxylic acids is 1. The fourth-order valence-electron chi connectivity index (χ4n) is 1.57. The second-order valence-electron chi connectivity index (χ2n) is 4.26. The van der Waals surface area contributed by atoms with Crippen LogP contribution in [-0.2, 0) is 4.79 Å². The van der Waals surface area contributed by atoms with E-state index in [0.717, 1.165) is 10.0 Å². The van der Waals surface area contributed by atoms with Crippen molar-refractivity contribution in [3.05, 3.63) is 58.3 Å². The van der Waals surface area contributed by atoms with Crippen molar-refractivity contribution in [2.24, 2.45) is 0 Å². The third kappa shape index (κ3) is 4.06. The summed E-state index contributed by atoms with van der Waals surface area (Å²) >= 11 is 3.40. The zero-order valence-corrected chi connectivity index (χ0v) is 12.4. The van der Waals surface area contributed by atoms with E-state index in [1.54, 1.807) is 12.1 Å². The van der Waals surface area contributed by atoms with E-state index < -0.39 is 5.82 Å². The maximum Gasteiger partial charge on any atom is 0.262 e. The van der Waals surface area contributed by atoms with Gasteiger partial charge in [-0.1, -0.05) is 28.1 Å². The average molecular weight is 338 g/mol. The predicted molar refractivity (Wildman–Crippen MR) is 79.4 cm³/mol. The molecule has 2 aromatic carbocycles. The first-order valence-electron chi connectivity index (χ1n) is 5.99. The minimum atomic E-state index is -0.398. The SMILES string of the molecule is Cc1ccc(NC(=O)COc2cccc(F)c2)cc1Br. The molecule has 104 valence electrons. The zero-order valence-electron chi connectivity index (χ0n) is 10.8. The van der Waals surface area contributed by atoms with Crippen LogP contribution in [0, 0.1) is 12.7 Å². The molecule has 0 bridgehead atoms. The lowest BCUT2D eigenvalue weighted by atomic mass is 10.2. The zero-order chi connectivity index (χ0) is 14.5. The van der Waals surface area contributed by atoms with E-state index in [4.69, 9.17) is 4.74 Å². The largest absolute Gasteiger partial charge is 0.484 e. The maximum absolute atomic E-state index is 12.9. The summed E-state index contributed by atoms with van der Waals surface area (Å²) in [4.78, 5) is 11.7. The van der Waals surface area contributed by atoms with E-state index in [-0.39, 0.29) is 12.5 Å². The van der Waals surface area contributed by atoms with E-state index >= 15 is 0 Å². The molecule has 0 saturated heterocycles. The molecular formula is C15H13BrFNO2. The fourth-order valence-corrected chi connectivity index (χ4v) is 1.95. The normalized spacial score (nSPS) is 10.2. The lowest BCUT2D eigenvalue weighted by Crippen LogP contribution is -2.20. The van der Waals surface area contributed by atoms with Crippen LogP contribution in [0.4, 0.5) is 10.1 Å². The second kappa shape index (κ2) is 6.52. The van der Waals surface area contributed by atoms with Gasteiger partial charge in [0.25, 0.3) is 5.91 Å². The van der Waals surface area contributed by atoms with Crippen LogP contribution < -0.4 is 10.1 Å². The van der Waals surface area contributed by atoms with Gasteiger partial charge in [-0.05, 0) is 36.8 Å². The van der Waals surface area contributed by atoms with Gasteiger partial charge in [0.1, 0.15) is 11.6 Å². The quantitative estimate of drug-likeness (QED) is 0.918. The molecule has 0 fully saturated rings. The van der Waals surface area contributed by atoms with E-state index in [0.29, 0.717) is 11.4 Å². The van der Waals surface area contributed by atoms with Gasteiger partial charge in [-0.15, -0.1) is 0 Å². The Labute approximate surface area is 124 Å². The molecule has 0 spiro atoms. The Balaban J connectivity index is 1.91. The molecule has 2 aromatic rings. The van der Waals surface area contributed by atoms with Crippen molar-refractivity contribution in [1.29, 1.82) is 0 Å². The van der Waals surface area contributed by atoms with Crippen molar-refractivity contribution in [2.75, 3.05) is 11.9 Å². The minimum absolute atomic E-state index is 0.172. The predicted octanol–water partition coefficient (Wildman–Crippen LogP) is 3.91. The summed E-state index contributed by atoms with van der Waals surface area (Å²) in [5.74, 6) is -0.374. The lowest BCUT2D eigenvalue weighted by molar-refractivity contribution is -0.118. The molecule has 0 aromatic heterocycles. The van der Waals surface area contributed by atoms with Crippen LogP contribution in [-0.4, -0.2) is 12.5 Å². The van der Waals surface area contributed by atoms with Crippen LogP contribution in [0.25, 0.3) is 0 Å². The third-order valence-electron chi connectivity index (χ3n) is 2.62. The number of hydrogen-bond acceptors (Lipinski definition) is 2. The summed E-state index contributed by atoms with van der Waals surface area (Å²) < 4.78 is 19.1. The molecule has 20 heavy (non-hydrogen) atoms. The first-order chi connectivity index (χ1) is 9.54. The number of amides is 1. The molecule has 0 heterocycles. The number of halogens is 2. The van der Waals surface area contributed by atoms with Gasteiger partial charge in [0.15, 0.2) is 6.61 Å². The second-order valence-corrected chi connectivity index (χ2v) is 5.11. The molecule has 0 atom stereocenters. The summed E-state index contributed by atoms with van der Waals surface area (Å²) in [6.07, 6.45) is 0. The number of rotatable bonds is 4. The number of nitrogens with one attached hydrogen (secondary N) is 1. The average Bonchev–Trinajstić information content (AvgIpc) is 2.41. The molecule has 2 rings (SSSR count). The Bertz CT molecular complexity index is 631. The summed E-state index contributed by atoms with van der Waals surface area (Å²) in [7, 11) is 0. The van der Waals surface area contributed by atoms with E-state index in [1.807, 2.05) is 19.1 Å². The monoisotopic (exact) mass is 337 g/mol. The van der Waals surface area contributed by atoms with Crippen molar-refractivity contribution in [1.82, 2.24) is 0 Å². The number of carbonyl (C=O) groups is 1. The van der Waals surface area contributed by atoms with Crippen molar-refractivity contribution in [2.45, 2.75) is 6.92 Å². The molecule has 3 nitrogen and oxygen atoms in total. The van der Waals surface area contributed by atoms with Crippen molar-refractivity contribution < 1.29 is 13.9 Å². The third-order valence-corrected chi connectivity index (χ3v) is 3.48. The Hall–Kier alpha value is -1.88. The highest BCUT2D eigenvalue weighted by Crippen LogP contribution is 2.20. The highest BCUT2D eigenvalue weighted by molar-refractivity contribution is 9.10. The van der Waals surface area contributed by atoms with Gasteiger partial charge < -0.3 is 10.1 Å². The number of aryl methyl sites for hydroxylation is 1. The number of hydrogen-bond donors (Lipinski definition) is 1. The minimum Gasteiger partial charge on any atom is -0.484 e. The van der Waals surface area contributed by atoms with Gasteiger partial charge in [-0.2, -0.15) is 0 Å². The molecule has 0 unspecified atom stereocenters. The molecule has 1 amide bonds. The highest BCUT2D eigenvalue weighted by atomic mass is 79.9. The van der Waals surface area contributed by atoms with Gasteiger partial charge in [0.2, 0.25) is 0 Å². The Morgan fingerprint density at radius 1 is 1.30 bits per heavy atom. The summed E-state index contributed by atoms with van der Waals surface area (Å²) in [6.45, 7) is 1.79.